The summed E-state index contributed by atoms with van der Waals surface area (Å²) < 4.78 is 8.62. The van der Waals surface area contributed by atoms with Gasteiger partial charge in [0.05, 0.1) is 22.9 Å². The lowest BCUT2D eigenvalue weighted by Crippen LogP contribution is -2.28. The van der Waals surface area contributed by atoms with E-state index in [1.54, 1.807) is 0 Å². The molecule has 5 rings (SSSR count). The third-order valence-electron chi connectivity index (χ3n) is 6.74. The topological polar surface area (TPSA) is 41.2 Å². The first kappa shape index (κ1) is 18.4. The number of nitrogens with zero attached hydrogens (tertiary/aromatic N) is 3. The number of nitriles is 1. The Bertz CT molecular complexity index is 1030. The number of hydrogen-bond donors (Lipinski definition) is 0. The van der Waals surface area contributed by atoms with Crippen LogP contribution >= 0.6 is 0 Å². The second-order valence-corrected chi connectivity index (χ2v) is 8.92. The van der Waals surface area contributed by atoms with Crippen molar-refractivity contribution in [1.82, 2.24) is 9.47 Å². The standard InChI is InChI=1S/C25H29N3O/c1-17(2)27-13-5-6-18(16-27)25-23(15-26)22-12-11-21(29-20-9-4-10-20)14-24(22)28(25)19-7-3-8-19/h5-6,11-12,14,16-17,19-20H,3-4,7-10,13H2,1-2H3. The third-order valence-corrected chi connectivity index (χ3v) is 6.74. The van der Waals surface area contributed by atoms with Crippen molar-refractivity contribution in [2.45, 2.75) is 70.6 Å². The Morgan fingerprint density at radius 2 is 1.93 bits per heavy atom. The van der Waals surface area contributed by atoms with Gasteiger partial charge in [0.25, 0.3) is 0 Å². The Labute approximate surface area is 173 Å². The van der Waals surface area contributed by atoms with E-state index in [1.807, 2.05) is 6.07 Å². The van der Waals surface area contributed by atoms with Gasteiger partial charge in [-0.3, -0.25) is 0 Å². The highest BCUT2D eigenvalue weighted by Gasteiger charge is 2.29. The van der Waals surface area contributed by atoms with Gasteiger partial charge < -0.3 is 14.2 Å². The van der Waals surface area contributed by atoms with Gasteiger partial charge in [-0.05, 0) is 64.5 Å². The van der Waals surface area contributed by atoms with Gasteiger partial charge in [0.1, 0.15) is 11.8 Å². The lowest BCUT2D eigenvalue weighted by Gasteiger charge is -2.32. The minimum Gasteiger partial charge on any atom is -0.490 e. The minimum absolute atomic E-state index is 0.359. The second-order valence-electron chi connectivity index (χ2n) is 8.92. The molecule has 150 valence electrons. The quantitative estimate of drug-likeness (QED) is 0.652. The summed E-state index contributed by atoms with van der Waals surface area (Å²) in [5.41, 5.74) is 4.17. The zero-order chi connectivity index (χ0) is 20.0. The molecule has 0 atom stereocenters. The summed E-state index contributed by atoms with van der Waals surface area (Å²) in [5.74, 6) is 0.938. The van der Waals surface area contributed by atoms with Crippen LogP contribution in [0, 0.1) is 11.3 Å². The van der Waals surface area contributed by atoms with E-state index >= 15 is 0 Å². The smallest absolute Gasteiger partial charge is 0.121 e. The predicted octanol–water partition coefficient (Wildman–Crippen LogP) is 5.79. The first-order chi connectivity index (χ1) is 14.2. The van der Waals surface area contributed by atoms with Crippen LogP contribution < -0.4 is 4.74 Å². The van der Waals surface area contributed by atoms with Crippen molar-refractivity contribution >= 4 is 16.5 Å². The fourth-order valence-corrected chi connectivity index (χ4v) is 4.54. The number of fused-ring (bicyclic) bond motifs is 1. The van der Waals surface area contributed by atoms with Gasteiger partial charge in [0.2, 0.25) is 0 Å². The van der Waals surface area contributed by atoms with Crippen molar-refractivity contribution < 1.29 is 4.74 Å². The normalized spacial score (nSPS) is 19.8. The van der Waals surface area contributed by atoms with Crippen LogP contribution in [-0.2, 0) is 0 Å². The molecule has 0 unspecified atom stereocenters. The number of allylic oxidation sites excluding steroid dienone is 2. The molecule has 2 fully saturated rings. The molecule has 0 spiro atoms. The summed E-state index contributed by atoms with van der Waals surface area (Å²) in [4.78, 5) is 2.34. The first-order valence-corrected chi connectivity index (χ1v) is 11.0. The fraction of sp³-hybridized carbons (Fsp3) is 0.480. The molecular weight excluding hydrogens is 358 g/mol. The van der Waals surface area contributed by atoms with Crippen LogP contribution in [0.15, 0.2) is 36.6 Å². The zero-order valence-corrected chi connectivity index (χ0v) is 17.4. The van der Waals surface area contributed by atoms with Crippen LogP contribution in [-0.4, -0.2) is 28.2 Å². The number of hydrogen-bond acceptors (Lipinski definition) is 3. The molecule has 1 aliphatic heterocycles. The second kappa shape index (κ2) is 7.30. The summed E-state index contributed by atoms with van der Waals surface area (Å²) in [6.45, 7) is 5.35. The van der Waals surface area contributed by atoms with Gasteiger partial charge in [-0.25, -0.2) is 0 Å². The maximum Gasteiger partial charge on any atom is 0.121 e. The molecule has 0 bridgehead atoms. The van der Waals surface area contributed by atoms with Crippen LogP contribution in [0.5, 0.6) is 5.75 Å². The molecule has 2 aliphatic carbocycles. The fourth-order valence-electron chi connectivity index (χ4n) is 4.54. The average molecular weight is 388 g/mol. The van der Waals surface area contributed by atoms with E-state index in [4.69, 9.17) is 4.74 Å². The van der Waals surface area contributed by atoms with E-state index < -0.39 is 0 Å². The van der Waals surface area contributed by atoms with Gasteiger partial charge >= 0.3 is 0 Å². The van der Waals surface area contributed by atoms with Crippen molar-refractivity contribution in [2.24, 2.45) is 0 Å². The molecule has 3 aliphatic rings. The molecule has 0 saturated heterocycles. The number of benzene rings is 1. The van der Waals surface area contributed by atoms with E-state index in [0.29, 0.717) is 18.2 Å². The van der Waals surface area contributed by atoms with Crippen LogP contribution in [0.3, 0.4) is 0 Å². The summed E-state index contributed by atoms with van der Waals surface area (Å²) in [5, 5.41) is 11.2. The van der Waals surface area contributed by atoms with Crippen molar-refractivity contribution in [1.29, 1.82) is 5.26 Å². The lowest BCUT2D eigenvalue weighted by atomic mass is 9.92. The third kappa shape index (κ3) is 3.13. The van der Waals surface area contributed by atoms with E-state index in [9.17, 15) is 5.26 Å². The molecule has 0 amide bonds. The van der Waals surface area contributed by atoms with Crippen molar-refractivity contribution in [2.75, 3.05) is 6.54 Å². The molecule has 0 radical (unpaired) electrons. The summed E-state index contributed by atoms with van der Waals surface area (Å²) in [6, 6.07) is 9.74. The molecule has 29 heavy (non-hydrogen) atoms. The van der Waals surface area contributed by atoms with E-state index in [2.05, 4.69) is 59.9 Å². The average Bonchev–Trinajstić information content (AvgIpc) is 2.97. The summed E-state index contributed by atoms with van der Waals surface area (Å²) in [6.07, 6.45) is 14.2. The van der Waals surface area contributed by atoms with Crippen molar-refractivity contribution in [3.05, 3.63) is 47.8 Å². The van der Waals surface area contributed by atoms with E-state index in [0.717, 1.165) is 52.9 Å². The van der Waals surface area contributed by atoms with E-state index in [1.165, 1.54) is 25.7 Å². The SMILES string of the molecule is CC(C)N1C=C(c2c(C#N)c3ccc(OC4CCC4)cc3n2C2CCC2)C=CC1. The van der Waals surface area contributed by atoms with E-state index in [-0.39, 0.29) is 0 Å². The summed E-state index contributed by atoms with van der Waals surface area (Å²) in [7, 11) is 0. The van der Waals surface area contributed by atoms with Crippen LogP contribution in [0.1, 0.15) is 69.7 Å². The van der Waals surface area contributed by atoms with Crippen molar-refractivity contribution in [3.8, 4) is 11.8 Å². The lowest BCUT2D eigenvalue weighted by molar-refractivity contribution is 0.120. The van der Waals surface area contributed by atoms with Crippen molar-refractivity contribution in [3.63, 3.8) is 0 Å². The number of ether oxygens (including phenoxy) is 1. The molecule has 1 aromatic heterocycles. The Morgan fingerprint density at radius 1 is 1.14 bits per heavy atom. The Kier molecular flexibility index (Phi) is 4.62. The largest absolute Gasteiger partial charge is 0.490 e. The van der Waals surface area contributed by atoms with Crippen LogP contribution in [0.25, 0.3) is 16.5 Å². The molecular formula is C25H29N3O. The Morgan fingerprint density at radius 3 is 2.55 bits per heavy atom. The number of rotatable bonds is 5. The van der Waals surface area contributed by atoms with Crippen LogP contribution in [0.4, 0.5) is 0 Å². The molecule has 4 heteroatoms. The Hall–Kier alpha value is -2.67. The molecule has 2 saturated carbocycles. The maximum atomic E-state index is 10.1. The minimum atomic E-state index is 0.359. The highest BCUT2D eigenvalue weighted by atomic mass is 16.5. The molecule has 4 nitrogen and oxygen atoms in total. The molecule has 2 heterocycles. The monoisotopic (exact) mass is 387 g/mol. The van der Waals surface area contributed by atoms with Gasteiger partial charge in [-0.15, -0.1) is 0 Å². The van der Waals surface area contributed by atoms with Gasteiger partial charge in [-0.2, -0.15) is 5.26 Å². The Balaban J connectivity index is 1.67. The highest BCUT2D eigenvalue weighted by Crippen LogP contribution is 2.42. The van der Waals surface area contributed by atoms with Crippen LogP contribution in [0.2, 0.25) is 0 Å². The zero-order valence-electron chi connectivity index (χ0n) is 17.4. The summed E-state index contributed by atoms with van der Waals surface area (Å²) >= 11 is 0. The maximum absolute atomic E-state index is 10.1. The van der Waals surface area contributed by atoms with Gasteiger partial charge in [-0.1, -0.05) is 12.2 Å². The molecule has 1 aromatic carbocycles. The van der Waals surface area contributed by atoms with Gasteiger partial charge in [0.15, 0.2) is 0 Å². The number of aromatic nitrogens is 1. The molecule has 2 aromatic rings. The predicted molar refractivity (Wildman–Crippen MR) is 117 cm³/mol. The highest BCUT2D eigenvalue weighted by molar-refractivity contribution is 5.95. The molecule has 0 N–H and O–H groups in total. The first-order valence-electron chi connectivity index (χ1n) is 11.0. The van der Waals surface area contributed by atoms with Gasteiger partial charge in [0, 0.05) is 41.9 Å².